The van der Waals surface area contributed by atoms with Crippen LogP contribution in [-0.2, 0) is 30.9 Å². The van der Waals surface area contributed by atoms with E-state index in [1.54, 1.807) is 0 Å². The largest absolute Gasteiger partial charge is 0.507 e. The normalized spacial score (nSPS) is 21.7. The number of hydrogen-bond acceptors (Lipinski definition) is 7. The van der Waals surface area contributed by atoms with Crippen molar-refractivity contribution in [3.8, 4) is 5.75 Å². The molecule has 3 rings (SSSR count). The first-order valence-corrected chi connectivity index (χ1v) is 17.4. The fraction of sp³-hybridized carbons (Fsp3) is 0.700. The lowest BCUT2D eigenvalue weighted by atomic mass is 9.78. The van der Waals surface area contributed by atoms with E-state index < -0.39 is 17.9 Å². The Morgan fingerprint density at radius 3 is 1.49 bits per heavy atom. The molecule has 1 aromatic carbocycles. The van der Waals surface area contributed by atoms with Gasteiger partial charge in [0, 0.05) is 60.9 Å². The zero-order valence-corrected chi connectivity index (χ0v) is 31.8. The third-order valence-electron chi connectivity index (χ3n) is 10.8. The molecule has 7 heteroatoms. The van der Waals surface area contributed by atoms with Crippen LogP contribution in [0, 0.1) is 19.8 Å². The highest BCUT2D eigenvalue weighted by molar-refractivity contribution is 5.95. The Kier molecular flexibility index (Phi) is 11.3. The Morgan fingerprint density at radius 2 is 1.17 bits per heavy atom. The van der Waals surface area contributed by atoms with Crippen molar-refractivity contribution in [2.45, 2.75) is 162 Å². The van der Waals surface area contributed by atoms with E-state index >= 15 is 0 Å². The van der Waals surface area contributed by atoms with Gasteiger partial charge in [-0.1, -0.05) is 39.0 Å². The number of piperidine rings is 2. The lowest BCUT2D eigenvalue weighted by molar-refractivity contribution is -0.177. The summed E-state index contributed by atoms with van der Waals surface area (Å²) in [5.41, 5.74) is 1.96. The molecule has 0 spiro atoms. The van der Waals surface area contributed by atoms with Gasteiger partial charge in [0.2, 0.25) is 0 Å². The van der Waals surface area contributed by atoms with Gasteiger partial charge in [-0.15, -0.1) is 13.2 Å². The quantitative estimate of drug-likeness (QED) is 0.156. The second-order valence-corrected chi connectivity index (χ2v) is 17.7. The SMILES string of the molecule is C=CCN1C(C)(C)CC(OC(=O)C(Cc2cc(C(C)(C)C)c(O)c(C)c2C)C(=O)OC2CC(C)(C)N(CC=C)C(C)(C)C2)CC1(C)C. The second-order valence-electron chi connectivity index (χ2n) is 17.7. The molecule has 7 nitrogen and oxygen atoms in total. The highest BCUT2D eigenvalue weighted by Crippen LogP contribution is 2.42. The molecule has 0 atom stereocenters. The highest BCUT2D eigenvalue weighted by Gasteiger charge is 2.49. The summed E-state index contributed by atoms with van der Waals surface area (Å²) in [5, 5.41) is 11.0. The van der Waals surface area contributed by atoms with E-state index in [0.29, 0.717) is 25.7 Å². The fourth-order valence-electron chi connectivity index (χ4n) is 8.60. The molecule has 0 bridgehead atoms. The number of ether oxygens (including phenoxy) is 2. The number of hydrogen-bond donors (Lipinski definition) is 1. The minimum Gasteiger partial charge on any atom is -0.507 e. The smallest absolute Gasteiger partial charge is 0.320 e. The number of aromatic hydroxyl groups is 1. The van der Waals surface area contributed by atoms with Crippen molar-refractivity contribution >= 4 is 11.9 Å². The van der Waals surface area contributed by atoms with E-state index in [9.17, 15) is 14.7 Å². The van der Waals surface area contributed by atoms with Gasteiger partial charge in [0.15, 0.2) is 5.92 Å². The number of esters is 2. The Labute approximate surface area is 285 Å². The van der Waals surface area contributed by atoms with Gasteiger partial charge in [0.1, 0.15) is 18.0 Å². The maximum atomic E-state index is 14.2. The number of carbonyl (C=O) groups is 2. The fourth-order valence-corrected chi connectivity index (χ4v) is 8.60. The van der Waals surface area contributed by atoms with Crippen LogP contribution in [0.5, 0.6) is 5.75 Å². The van der Waals surface area contributed by atoms with Crippen molar-refractivity contribution < 1.29 is 24.2 Å². The van der Waals surface area contributed by atoms with Crippen LogP contribution in [0.3, 0.4) is 0 Å². The number of nitrogens with zero attached hydrogens (tertiary/aromatic N) is 2. The first kappa shape index (κ1) is 38.8. The van der Waals surface area contributed by atoms with E-state index in [-0.39, 0.29) is 51.9 Å². The van der Waals surface area contributed by atoms with E-state index in [2.05, 4.69) is 78.3 Å². The lowest BCUT2D eigenvalue weighted by Gasteiger charge is -2.54. The van der Waals surface area contributed by atoms with E-state index in [4.69, 9.17) is 9.47 Å². The van der Waals surface area contributed by atoms with Gasteiger partial charge in [-0.25, -0.2) is 0 Å². The van der Waals surface area contributed by atoms with Crippen molar-refractivity contribution in [3.05, 3.63) is 53.6 Å². The topological polar surface area (TPSA) is 79.3 Å². The lowest BCUT2D eigenvalue weighted by Crippen LogP contribution is -2.62. The van der Waals surface area contributed by atoms with E-state index in [0.717, 1.165) is 35.3 Å². The minimum absolute atomic E-state index is 0.137. The van der Waals surface area contributed by atoms with Crippen molar-refractivity contribution in [3.63, 3.8) is 0 Å². The summed E-state index contributed by atoms with van der Waals surface area (Å²) in [6, 6.07) is 1.95. The van der Waals surface area contributed by atoms with Gasteiger partial charge >= 0.3 is 11.9 Å². The van der Waals surface area contributed by atoms with Crippen LogP contribution < -0.4 is 0 Å². The van der Waals surface area contributed by atoms with Crippen molar-refractivity contribution in [2.24, 2.45) is 5.92 Å². The molecule has 0 unspecified atom stereocenters. The Hall–Kier alpha value is -2.64. The summed E-state index contributed by atoms with van der Waals surface area (Å²) in [6.45, 7) is 36.7. The van der Waals surface area contributed by atoms with Gasteiger partial charge in [-0.05, 0) is 103 Å². The molecule has 2 aliphatic heterocycles. The molecule has 0 saturated carbocycles. The Morgan fingerprint density at radius 1 is 0.809 bits per heavy atom. The van der Waals surface area contributed by atoms with Crippen molar-refractivity contribution in [1.29, 1.82) is 0 Å². The molecule has 0 aliphatic carbocycles. The predicted octanol–water partition coefficient (Wildman–Crippen LogP) is 7.97. The van der Waals surface area contributed by atoms with Crippen molar-refractivity contribution in [2.75, 3.05) is 13.1 Å². The molecule has 2 fully saturated rings. The van der Waals surface area contributed by atoms with Crippen LogP contribution in [0.15, 0.2) is 31.4 Å². The summed E-state index contributed by atoms with van der Waals surface area (Å²) in [6.07, 6.45) is 5.85. The van der Waals surface area contributed by atoms with Gasteiger partial charge in [-0.2, -0.15) is 0 Å². The first-order valence-electron chi connectivity index (χ1n) is 17.4. The Balaban J connectivity index is 1.99. The number of carbonyl (C=O) groups excluding carboxylic acids is 2. The molecule has 2 saturated heterocycles. The number of rotatable bonds is 10. The highest BCUT2D eigenvalue weighted by atomic mass is 16.6. The molecule has 1 aromatic rings. The molecule has 1 N–H and O–H groups in total. The van der Waals surface area contributed by atoms with E-state index in [1.807, 2.05) is 52.8 Å². The standard InChI is InChI=1S/C40H64N2O5/c1-16-18-41-37(8,9)22-29(23-38(41,10)11)46-34(44)31(20-28-21-32(36(5,6)7)33(43)27(4)26(28)3)35(45)47-30-24-39(12,13)42(19-17-2)40(14,15)25-30/h16-17,21,29-31,43H,1-2,18-20,22-25H2,3-15H3. The zero-order chi connectivity index (χ0) is 35.9. The molecular formula is C40H64N2O5. The summed E-state index contributed by atoms with van der Waals surface area (Å²) >= 11 is 0. The summed E-state index contributed by atoms with van der Waals surface area (Å²) in [4.78, 5) is 33.3. The van der Waals surface area contributed by atoms with Gasteiger partial charge in [0.05, 0.1) is 0 Å². The van der Waals surface area contributed by atoms with Crippen LogP contribution in [0.2, 0.25) is 0 Å². The molecule has 0 aromatic heterocycles. The average molecular weight is 653 g/mol. The summed E-state index contributed by atoms with van der Waals surface area (Å²) in [5.74, 6) is -1.98. The van der Waals surface area contributed by atoms with Gasteiger partial charge in [-0.3, -0.25) is 19.4 Å². The van der Waals surface area contributed by atoms with Crippen LogP contribution in [0.4, 0.5) is 0 Å². The van der Waals surface area contributed by atoms with Crippen LogP contribution in [0.25, 0.3) is 0 Å². The molecule has 264 valence electrons. The van der Waals surface area contributed by atoms with E-state index in [1.165, 1.54) is 0 Å². The van der Waals surface area contributed by atoms with Crippen molar-refractivity contribution in [1.82, 2.24) is 9.80 Å². The Bertz CT molecular complexity index is 1250. The number of phenols is 1. The predicted molar refractivity (Wildman–Crippen MR) is 192 cm³/mol. The third-order valence-corrected chi connectivity index (χ3v) is 10.8. The van der Waals surface area contributed by atoms with Crippen LogP contribution in [0.1, 0.15) is 124 Å². The molecule has 2 heterocycles. The maximum Gasteiger partial charge on any atom is 0.320 e. The summed E-state index contributed by atoms with van der Waals surface area (Å²) < 4.78 is 12.6. The monoisotopic (exact) mass is 652 g/mol. The number of benzene rings is 1. The minimum atomic E-state index is -1.14. The zero-order valence-electron chi connectivity index (χ0n) is 31.8. The first-order chi connectivity index (χ1) is 21.4. The molecule has 0 amide bonds. The van der Waals surface area contributed by atoms with Crippen LogP contribution in [-0.4, -0.2) is 74.3 Å². The third kappa shape index (κ3) is 8.51. The molecule has 0 radical (unpaired) electrons. The van der Waals surface area contributed by atoms with Crippen LogP contribution >= 0.6 is 0 Å². The second kappa shape index (κ2) is 13.7. The number of likely N-dealkylation sites (tertiary alicyclic amines) is 2. The maximum absolute atomic E-state index is 14.2. The van der Waals surface area contributed by atoms with Gasteiger partial charge < -0.3 is 14.6 Å². The summed E-state index contributed by atoms with van der Waals surface area (Å²) in [7, 11) is 0. The molecule has 47 heavy (non-hydrogen) atoms. The molecule has 2 aliphatic rings. The molecular weight excluding hydrogens is 588 g/mol. The van der Waals surface area contributed by atoms with Gasteiger partial charge in [0.25, 0.3) is 0 Å². The average Bonchev–Trinajstić information content (AvgIpc) is 2.89. The number of phenolic OH excluding ortho intramolecular Hbond substituents is 1.